The SMILES string of the molecule is C.C/C=C(\NC(C)=O)C(=O)OC.CC1=N/C(=C/[O-])C(=O)O1.COC(=O)/C(=C/O)NC(C)=O.[2HH].[2H][2H].[Na+]. The number of ether oxygens (including phenoxy) is 3. The summed E-state index contributed by atoms with van der Waals surface area (Å²) < 4.78 is 23.0. The Kier molecular flexibility index (Phi) is 21.6. The number of hydrogen-bond acceptors (Lipinski definition) is 11. The number of nitrogens with one attached hydrogen (secondary N) is 2. The van der Waals surface area contributed by atoms with Crippen LogP contribution in [0.5, 0.6) is 0 Å². The zero-order valence-electron chi connectivity index (χ0n) is 20.8. The molecule has 0 saturated heterocycles. The quantitative estimate of drug-likeness (QED) is 0.122. The van der Waals surface area contributed by atoms with Crippen LogP contribution >= 0.6 is 0 Å². The molecule has 1 rings (SSSR count). The van der Waals surface area contributed by atoms with Crippen LogP contribution in [0.3, 0.4) is 0 Å². The van der Waals surface area contributed by atoms with Gasteiger partial charge in [-0.1, -0.05) is 13.5 Å². The van der Waals surface area contributed by atoms with Gasteiger partial charge in [0.2, 0.25) is 11.8 Å². The van der Waals surface area contributed by atoms with Crippen molar-refractivity contribution in [1.29, 1.82) is 0 Å². The number of aliphatic hydroxyl groups excluding tert-OH is 1. The topological polar surface area (TPSA) is 193 Å². The van der Waals surface area contributed by atoms with E-state index >= 15 is 0 Å². The van der Waals surface area contributed by atoms with E-state index in [1.54, 1.807) is 6.92 Å². The first kappa shape index (κ1) is 34.5. The van der Waals surface area contributed by atoms with Gasteiger partial charge in [0.25, 0.3) is 0 Å². The van der Waals surface area contributed by atoms with Crippen molar-refractivity contribution < 1.29 is 82.3 Å². The molecular weight excluding hydrogens is 453 g/mol. The molecule has 0 saturated carbocycles. The Bertz CT molecular complexity index is 788. The summed E-state index contributed by atoms with van der Waals surface area (Å²) in [6, 6.07) is 0. The Morgan fingerprint density at radius 2 is 1.52 bits per heavy atom. The molecule has 0 atom stereocenters. The molecule has 0 aromatic rings. The minimum Gasteiger partial charge on any atom is -0.876 e. The molecular formula is C19H32N3NaO10. The van der Waals surface area contributed by atoms with Crippen molar-refractivity contribution in [3.05, 3.63) is 35.7 Å². The molecule has 1 aliphatic rings. The summed E-state index contributed by atoms with van der Waals surface area (Å²) in [5.41, 5.74) is -0.271. The van der Waals surface area contributed by atoms with Crippen LogP contribution in [0.15, 0.2) is 40.7 Å². The number of carbonyl (C=O) groups is 5. The Hall–Kier alpha value is -3.16. The molecule has 0 spiro atoms. The summed E-state index contributed by atoms with van der Waals surface area (Å²) in [6.45, 7) is 5.69. The minimum absolute atomic E-state index is 0. The Balaban J connectivity index is -0.0000000872. The average molecular weight is 488 g/mol. The normalized spacial score (nSPS) is 13.3. The summed E-state index contributed by atoms with van der Waals surface area (Å²) in [5, 5.41) is 22.7. The van der Waals surface area contributed by atoms with E-state index in [2.05, 4.69) is 29.8 Å². The number of nitrogens with zero attached hydrogens (tertiary/aromatic N) is 1. The predicted octanol–water partition coefficient (Wildman–Crippen LogP) is -2.81. The number of aliphatic hydroxyl groups is 1. The van der Waals surface area contributed by atoms with Crippen LogP contribution in [0, 0.1) is 0 Å². The number of cyclic esters (lactones) is 1. The van der Waals surface area contributed by atoms with E-state index in [-0.39, 0.29) is 67.3 Å². The van der Waals surface area contributed by atoms with Gasteiger partial charge in [0.15, 0.2) is 11.6 Å². The van der Waals surface area contributed by atoms with Crippen LogP contribution in [0.1, 0.15) is 39.5 Å². The first-order chi connectivity index (χ1) is 15.5. The molecule has 1 aliphatic heterocycles. The molecule has 0 unspecified atom stereocenters. The fraction of sp³-hybridized carbons (Fsp3) is 0.368. The van der Waals surface area contributed by atoms with Gasteiger partial charge in [0, 0.05) is 25.2 Å². The average Bonchev–Trinajstić information content (AvgIpc) is 3.13. The zero-order chi connectivity index (χ0) is 26.6. The molecule has 13 nitrogen and oxygen atoms in total. The summed E-state index contributed by atoms with van der Waals surface area (Å²) >= 11 is 0. The number of allylic oxidation sites excluding steroid dienone is 1. The number of amides is 2. The number of hydrogen-bond donors (Lipinski definition) is 3. The van der Waals surface area contributed by atoms with E-state index in [9.17, 15) is 29.1 Å². The minimum atomic E-state index is -0.789. The molecule has 3 N–H and O–H groups in total. The van der Waals surface area contributed by atoms with Crippen LogP contribution in [0.2, 0.25) is 0 Å². The summed E-state index contributed by atoms with van der Waals surface area (Å²) in [6.07, 6.45) is 2.33. The van der Waals surface area contributed by atoms with Gasteiger partial charge >= 0.3 is 47.5 Å². The van der Waals surface area contributed by atoms with Gasteiger partial charge in [-0.05, 0) is 6.92 Å². The van der Waals surface area contributed by atoms with Gasteiger partial charge in [0.05, 0.1) is 14.2 Å². The largest absolute Gasteiger partial charge is 1.00 e. The molecule has 0 radical (unpaired) electrons. The standard InChI is InChI=1S/C7H11NO3.C6H9NO4.C5H5NO3.CH4.Na.2H2/c1-4-6(7(10)11-3)8-5(2)9;1-4(9)7-5(3-8)6(10)11-2;1-3-6-4(2-7)5(8)9-3;;;;/h4H,1-3H3,(H,8,9);3,8H,1-2H3,(H,7,9);2,7H,1H3;1H4;;2*1H/q;;;;+1;;/p-1/b6-4-;5-3-;4-2+;;;;/i;;;;;1+1D;1+1. The number of methoxy groups -OCH3 is 2. The van der Waals surface area contributed by atoms with Crippen LogP contribution in [-0.2, 0) is 38.2 Å². The van der Waals surface area contributed by atoms with Gasteiger partial charge < -0.3 is 35.1 Å². The third-order valence-electron chi connectivity index (χ3n) is 2.69. The summed E-state index contributed by atoms with van der Waals surface area (Å²) in [5.74, 6) is -2.51. The molecule has 14 heteroatoms. The molecule has 2 amide bonds. The smallest absolute Gasteiger partial charge is 0.876 e. The van der Waals surface area contributed by atoms with E-state index in [4.69, 9.17) is 8.08 Å². The summed E-state index contributed by atoms with van der Waals surface area (Å²) in [4.78, 5) is 56.1. The van der Waals surface area contributed by atoms with Crippen LogP contribution in [0.4, 0.5) is 0 Å². The second-order valence-electron chi connectivity index (χ2n) is 5.11. The second kappa shape index (κ2) is 20.7. The van der Waals surface area contributed by atoms with Crippen LogP contribution in [-0.4, -0.2) is 54.9 Å². The van der Waals surface area contributed by atoms with Gasteiger partial charge in [-0.25, -0.2) is 19.4 Å². The number of rotatable bonds is 4. The van der Waals surface area contributed by atoms with E-state index in [0.717, 1.165) is 7.11 Å². The first-order valence-corrected chi connectivity index (χ1v) is 8.29. The third-order valence-corrected chi connectivity index (χ3v) is 2.69. The molecule has 184 valence electrons. The fourth-order valence-corrected chi connectivity index (χ4v) is 1.48. The monoisotopic (exact) mass is 488 g/mol. The van der Waals surface area contributed by atoms with E-state index in [1.807, 2.05) is 0 Å². The Labute approximate surface area is 218 Å². The van der Waals surface area contributed by atoms with Gasteiger partial charge in [-0.15, -0.1) is 6.26 Å². The molecule has 0 bridgehead atoms. The van der Waals surface area contributed by atoms with E-state index in [1.165, 1.54) is 34.0 Å². The maximum Gasteiger partial charge on any atom is 1.00 e. The Morgan fingerprint density at radius 3 is 1.76 bits per heavy atom. The molecule has 0 aliphatic carbocycles. The van der Waals surface area contributed by atoms with Crippen molar-refractivity contribution in [3.63, 3.8) is 0 Å². The zero-order valence-corrected chi connectivity index (χ0v) is 20.8. The molecule has 33 heavy (non-hydrogen) atoms. The Morgan fingerprint density at radius 1 is 1.09 bits per heavy atom. The van der Waals surface area contributed by atoms with Gasteiger partial charge in [-0.2, -0.15) is 0 Å². The van der Waals surface area contributed by atoms with Crippen molar-refractivity contribution in [2.24, 2.45) is 4.99 Å². The molecule has 0 aromatic heterocycles. The van der Waals surface area contributed by atoms with Gasteiger partial charge in [-0.3, -0.25) is 9.59 Å². The maximum absolute atomic E-state index is 10.8. The van der Waals surface area contributed by atoms with Crippen molar-refractivity contribution in [2.75, 3.05) is 14.2 Å². The maximum atomic E-state index is 10.8. The van der Waals surface area contributed by atoms with E-state index < -0.39 is 23.8 Å². The first-order valence-electron chi connectivity index (χ1n) is 9.29. The summed E-state index contributed by atoms with van der Waals surface area (Å²) in [7, 11) is 2.40. The number of carbonyl (C=O) groups excluding carboxylic acids is 5. The van der Waals surface area contributed by atoms with Crippen LogP contribution < -0.4 is 45.3 Å². The van der Waals surface area contributed by atoms with Crippen molar-refractivity contribution in [1.82, 2.24) is 10.6 Å². The van der Waals surface area contributed by atoms with Crippen molar-refractivity contribution >= 4 is 35.6 Å². The number of aliphatic imine (C=N–C) groups is 1. The third kappa shape index (κ3) is 17.1. The van der Waals surface area contributed by atoms with Crippen molar-refractivity contribution in [3.8, 4) is 0 Å². The number of esters is 3. The fourth-order valence-electron chi connectivity index (χ4n) is 1.48. The van der Waals surface area contributed by atoms with Gasteiger partial charge in [0.1, 0.15) is 17.7 Å². The van der Waals surface area contributed by atoms with Crippen molar-refractivity contribution in [2.45, 2.75) is 35.1 Å². The molecule has 0 fully saturated rings. The second-order valence-corrected chi connectivity index (χ2v) is 5.11. The predicted molar refractivity (Wildman–Crippen MR) is 114 cm³/mol. The molecule has 1 heterocycles. The van der Waals surface area contributed by atoms with E-state index in [0.29, 0.717) is 12.5 Å². The van der Waals surface area contributed by atoms with Crippen LogP contribution in [0.25, 0.3) is 0 Å². The molecule has 0 aromatic carbocycles.